The lowest BCUT2D eigenvalue weighted by Crippen LogP contribution is -2.47. The number of aliphatic hydroxyl groups excluding tert-OH is 1. The number of urea groups is 1. The molecule has 0 spiro atoms. The summed E-state index contributed by atoms with van der Waals surface area (Å²) in [6.45, 7) is 0.951. The third kappa shape index (κ3) is 2.75. The Morgan fingerprint density at radius 3 is 2.33 bits per heavy atom. The number of aliphatic hydroxyl groups is 1. The van der Waals surface area contributed by atoms with Crippen LogP contribution in [0.15, 0.2) is 0 Å². The Morgan fingerprint density at radius 1 is 1.58 bits per heavy atom. The molecule has 0 unspecified atom stereocenters. The molecule has 0 aromatic rings. The van der Waals surface area contributed by atoms with Crippen LogP contribution in [0.3, 0.4) is 0 Å². The molecule has 0 aromatic carbocycles. The van der Waals surface area contributed by atoms with Crippen LogP contribution < -0.4 is 5.73 Å². The first-order valence-corrected chi connectivity index (χ1v) is 3.40. The molecular weight excluding hydrogens is 164 g/mol. The SMILES string of the molecule is C[C@@H](C(=O)O)N(CCO)C(N)=O. The predicted molar refractivity (Wildman–Crippen MR) is 40.5 cm³/mol. The lowest BCUT2D eigenvalue weighted by atomic mass is 10.3. The topological polar surface area (TPSA) is 104 Å². The number of nitrogens with zero attached hydrogens (tertiary/aromatic N) is 1. The maximum atomic E-state index is 10.6. The number of aliphatic carboxylic acids is 1. The van der Waals surface area contributed by atoms with Crippen LogP contribution in [0.5, 0.6) is 0 Å². The molecule has 0 aliphatic carbocycles. The van der Waals surface area contributed by atoms with Crippen molar-refractivity contribution in [1.29, 1.82) is 0 Å². The Morgan fingerprint density at radius 2 is 2.08 bits per heavy atom. The van der Waals surface area contributed by atoms with E-state index in [4.69, 9.17) is 15.9 Å². The van der Waals surface area contributed by atoms with E-state index in [1.807, 2.05) is 0 Å². The number of rotatable bonds is 4. The molecule has 0 bridgehead atoms. The summed E-state index contributed by atoms with van der Waals surface area (Å²) in [5.41, 5.74) is 4.87. The van der Waals surface area contributed by atoms with Gasteiger partial charge in [-0.05, 0) is 6.92 Å². The van der Waals surface area contributed by atoms with Crippen molar-refractivity contribution < 1.29 is 19.8 Å². The fourth-order valence-electron chi connectivity index (χ4n) is 0.736. The van der Waals surface area contributed by atoms with Crippen molar-refractivity contribution in [3.05, 3.63) is 0 Å². The predicted octanol–water partition coefficient (Wildman–Crippen LogP) is -1.17. The monoisotopic (exact) mass is 176 g/mol. The minimum Gasteiger partial charge on any atom is -0.480 e. The third-order valence-corrected chi connectivity index (χ3v) is 1.45. The Hall–Kier alpha value is -1.30. The van der Waals surface area contributed by atoms with Crippen molar-refractivity contribution in [3.8, 4) is 0 Å². The summed E-state index contributed by atoms with van der Waals surface area (Å²) in [4.78, 5) is 21.9. The molecule has 0 fully saturated rings. The van der Waals surface area contributed by atoms with E-state index in [1.165, 1.54) is 6.92 Å². The fourth-order valence-corrected chi connectivity index (χ4v) is 0.736. The minimum absolute atomic E-state index is 0.0667. The van der Waals surface area contributed by atoms with Gasteiger partial charge in [-0.25, -0.2) is 9.59 Å². The van der Waals surface area contributed by atoms with Gasteiger partial charge in [-0.1, -0.05) is 0 Å². The van der Waals surface area contributed by atoms with Gasteiger partial charge in [0.1, 0.15) is 6.04 Å². The van der Waals surface area contributed by atoms with Crippen molar-refractivity contribution in [2.45, 2.75) is 13.0 Å². The molecule has 0 aromatic heterocycles. The van der Waals surface area contributed by atoms with E-state index >= 15 is 0 Å². The number of carbonyl (C=O) groups excluding carboxylic acids is 1. The van der Waals surface area contributed by atoms with E-state index in [0.29, 0.717) is 0 Å². The smallest absolute Gasteiger partial charge is 0.326 e. The van der Waals surface area contributed by atoms with E-state index in [9.17, 15) is 9.59 Å². The molecule has 6 heteroatoms. The summed E-state index contributed by atoms with van der Waals surface area (Å²) in [6.07, 6.45) is 0. The van der Waals surface area contributed by atoms with Crippen molar-refractivity contribution in [3.63, 3.8) is 0 Å². The van der Waals surface area contributed by atoms with Crippen molar-refractivity contribution in [2.75, 3.05) is 13.2 Å². The molecule has 0 aliphatic rings. The Balaban J connectivity index is 4.28. The zero-order chi connectivity index (χ0) is 9.72. The number of carboxylic acids is 1. The fraction of sp³-hybridized carbons (Fsp3) is 0.667. The highest BCUT2D eigenvalue weighted by molar-refractivity contribution is 5.81. The van der Waals surface area contributed by atoms with E-state index in [-0.39, 0.29) is 13.2 Å². The lowest BCUT2D eigenvalue weighted by Gasteiger charge is -2.22. The second kappa shape index (κ2) is 4.55. The highest BCUT2D eigenvalue weighted by Crippen LogP contribution is 1.97. The van der Waals surface area contributed by atoms with Gasteiger partial charge in [0, 0.05) is 6.54 Å². The summed E-state index contributed by atoms with van der Waals surface area (Å²) < 4.78 is 0. The number of hydrogen-bond donors (Lipinski definition) is 3. The Labute approximate surface area is 69.6 Å². The van der Waals surface area contributed by atoms with E-state index in [0.717, 1.165) is 4.90 Å². The first-order valence-electron chi connectivity index (χ1n) is 3.40. The number of carboxylic acid groups (broad SMARTS) is 1. The van der Waals surface area contributed by atoms with Crippen LogP contribution in [-0.4, -0.2) is 46.3 Å². The molecule has 4 N–H and O–H groups in total. The zero-order valence-electron chi connectivity index (χ0n) is 6.73. The molecule has 70 valence electrons. The van der Waals surface area contributed by atoms with Crippen LogP contribution in [0.2, 0.25) is 0 Å². The van der Waals surface area contributed by atoms with Crippen molar-refractivity contribution >= 4 is 12.0 Å². The summed E-state index contributed by atoms with van der Waals surface area (Å²) >= 11 is 0. The normalized spacial score (nSPS) is 12.2. The maximum Gasteiger partial charge on any atom is 0.326 e. The zero-order valence-corrected chi connectivity index (χ0v) is 6.73. The second-order valence-corrected chi connectivity index (χ2v) is 2.27. The molecule has 0 aliphatic heterocycles. The number of amides is 2. The van der Waals surface area contributed by atoms with Crippen LogP contribution in [0.25, 0.3) is 0 Å². The molecule has 0 radical (unpaired) electrons. The molecular formula is C6H12N2O4. The van der Waals surface area contributed by atoms with Crippen LogP contribution >= 0.6 is 0 Å². The van der Waals surface area contributed by atoms with Crippen molar-refractivity contribution in [2.24, 2.45) is 5.73 Å². The van der Waals surface area contributed by atoms with Gasteiger partial charge in [0.25, 0.3) is 0 Å². The van der Waals surface area contributed by atoms with E-state index in [2.05, 4.69) is 0 Å². The van der Waals surface area contributed by atoms with Gasteiger partial charge in [0.05, 0.1) is 6.61 Å². The minimum atomic E-state index is -1.15. The van der Waals surface area contributed by atoms with E-state index < -0.39 is 18.0 Å². The van der Waals surface area contributed by atoms with Gasteiger partial charge in [0.15, 0.2) is 0 Å². The summed E-state index contributed by atoms with van der Waals surface area (Å²) in [5.74, 6) is -1.15. The number of carbonyl (C=O) groups is 2. The average Bonchev–Trinajstić information content (AvgIpc) is 1.98. The quantitative estimate of drug-likeness (QED) is 0.502. The van der Waals surface area contributed by atoms with Gasteiger partial charge in [0.2, 0.25) is 0 Å². The first kappa shape index (κ1) is 10.7. The molecule has 0 rings (SSSR count). The average molecular weight is 176 g/mol. The van der Waals surface area contributed by atoms with Gasteiger partial charge in [-0.15, -0.1) is 0 Å². The summed E-state index contributed by atoms with van der Waals surface area (Å²) in [5, 5.41) is 17.0. The second-order valence-electron chi connectivity index (χ2n) is 2.27. The molecule has 0 saturated heterocycles. The number of hydrogen-bond acceptors (Lipinski definition) is 3. The van der Waals surface area contributed by atoms with Crippen LogP contribution in [-0.2, 0) is 4.79 Å². The number of primary amides is 1. The van der Waals surface area contributed by atoms with Crippen LogP contribution in [0.1, 0.15) is 6.92 Å². The highest BCUT2D eigenvalue weighted by Gasteiger charge is 2.22. The van der Waals surface area contributed by atoms with E-state index in [1.54, 1.807) is 0 Å². The molecule has 0 saturated carbocycles. The van der Waals surface area contributed by atoms with Crippen LogP contribution in [0, 0.1) is 0 Å². The standard InChI is InChI=1S/C6H12N2O4/c1-4(5(10)11)8(2-3-9)6(7)12/h4,9H,2-3H2,1H3,(H2,7,12)(H,10,11)/t4-/m0/s1. The maximum absolute atomic E-state index is 10.6. The van der Waals surface area contributed by atoms with Gasteiger partial charge in [-0.2, -0.15) is 0 Å². The van der Waals surface area contributed by atoms with Gasteiger partial charge < -0.3 is 20.8 Å². The molecule has 1 atom stereocenters. The summed E-state index contributed by atoms with van der Waals surface area (Å²) in [7, 11) is 0. The van der Waals surface area contributed by atoms with Gasteiger partial charge in [-0.3, -0.25) is 0 Å². The van der Waals surface area contributed by atoms with Gasteiger partial charge >= 0.3 is 12.0 Å². The molecule has 12 heavy (non-hydrogen) atoms. The highest BCUT2D eigenvalue weighted by atomic mass is 16.4. The third-order valence-electron chi connectivity index (χ3n) is 1.45. The lowest BCUT2D eigenvalue weighted by molar-refractivity contribution is -0.141. The Kier molecular flexibility index (Phi) is 4.06. The molecule has 0 heterocycles. The van der Waals surface area contributed by atoms with Crippen LogP contribution in [0.4, 0.5) is 4.79 Å². The molecule has 6 nitrogen and oxygen atoms in total. The largest absolute Gasteiger partial charge is 0.480 e. The number of nitrogens with two attached hydrogens (primary N) is 1. The first-order chi connectivity index (χ1) is 5.50. The summed E-state index contributed by atoms with van der Waals surface area (Å²) in [6, 6.07) is -1.85. The van der Waals surface area contributed by atoms with Crippen molar-refractivity contribution in [1.82, 2.24) is 4.90 Å². The Bertz CT molecular complexity index is 182. The molecule has 2 amide bonds.